The Morgan fingerprint density at radius 1 is 0.812 bits per heavy atom. The summed E-state index contributed by atoms with van der Waals surface area (Å²) in [5, 5.41) is 25.7. The fraction of sp³-hybridized carbons (Fsp3) is 0.222. The van der Waals surface area contributed by atoms with E-state index < -0.39 is 17.2 Å². The first kappa shape index (κ1) is 20.5. The van der Waals surface area contributed by atoms with Gasteiger partial charge in [0.05, 0.1) is 6.54 Å². The lowest BCUT2D eigenvalue weighted by atomic mass is 9.77. The fourth-order valence-electron chi connectivity index (χ4n) is 4.74. The van der Waals surface area contributed by atoms with E-state index in [1.165, 1.54) is 0 Å². The first-order valence-corrected chi connectivity index (χ1v) is 10.9. The third-order valence-electron chi connectivity index (χ3n) is 6.44. The van der Waals surface area contributed by atoms with Crippen LogP contribution in [0.15, 0.2) is 103 Å². The number of nitrogens with zero attached hydrogens (tertiary/aromatic N) is 3. The minimum Gasteiger partial charge on any atom is -0.388 e. The van der Waals surface area contributed by atoms with Crippen molar-refractivity contribution in [3.05, 3.63) is 120 Å². The Hall–Kier alpha value is -3.41. The van der Waals surface area contributed by atoms with Gasteiger partial charge >= 0.3 is 0 Å². The van der Waals surface area contributed by atoms with Gasteiger partial charge in [-0.25, -0.2) is 0 Å². The van der Waals surface area contributed by atoms with Gasteiger partial charge in [-0.1, -0.05) is 91.0 Å². The molecule has 32 heavy (non-hydrogen) atoms. The maximum Gasteiger partial charge on any atom is 0.150 e. The highest BCUT2D eigenvalue weighted by Gasteiger charge is 2.43. The first-order valence-electron chi connectivity index (χ1n) is 10.9. The van der Waals surface area contributed by atoms with Crippen molar-refractivity contribution in [1.82, 2.24) is 9.78 Å². The molecule has 1 aromatic heterocycles. The van der Waals surface area contributed by atoms with E-state index in [2.05, 4.69) is 72.8 Å². The predicted molar refractivity (Wildman–Crippen MR) is 126 cm³/mol. The van der Waals surface area contributed by atoms with Crippen LogP contribution in [-0.2, 0) is 5.54 Å². The Balaban J connectivity index is 1.72. The van der Waals surface area contributed by atoms with Gasteiger partial charge in [0.2, 0.25) is 0 Å². The number of benzene rings is 3. The highest BCUT2D eigenvalue weighted by atomic mass is 16.3. The normalized spacial score (nSPS) is 21.1. The molecule has 0 amide bonds. The van der Waals surface area contributed by atoms with Crippen molar-refractivity contribution in [2.45, 2.75) is 24.2 Å². The van der Waals surface area contributed by atoms with Crippen LogP contribution in [0.2, 0.25) is 0 Å². The maximum atomic E-state index is 10.5. The highest BCUT2D eigenvalue weighted by Crippen LogP contribution is 2.41. The number of anilines is 1. The van der Waals surface area contributed by atoms with Crippen LogP contribution in [0.3, 0.4) is 0 Å². The van der Waals surface area contributed by atoms with Crippen molar-refractivity contribution >= 4 is 5.82 Å². The maximum absolute atomic E-state index is 10.5. The molecule has 5 nitrogen and oxygen atoms in total. The van der Waals surface area contributed by atoms with Gasteiger partial charge in [0.25, 0.3) is 0 Å². The van der Waals surface area contributed by atoms with Crippen LogP contribution in [0, 0.1) is 0 Å². The number of aromatic nitrogens is 2. The summed E-state index contributed by atoms with van der Waals surface area (Å²) in [6.07, 6.45) is 1.18. The summed E-state index contributed by atoms with van der Waals surface area (Å²) in [5.74, 6) is 0.731. The summed E-state index contributed by atoms with van der Waals surface area (Å²) in [4.78, 5) is 1.94. The molecule has 5 rings (SSSR count). The summed E-state index contributed by atoms with van der Waals surface area (Å²) >= 11 is 0. The summed E-state index contributed by atoms with van der Waals surface area (Å²) in [6.45, 7) is 2.34. The van der Waals surface area contributed by atoms with Crippen LogP contribution < -0.4 is 4.90 Å². The molecule has 2 atom stereocenters. The molecule has 0 spiro atoms. The van der Waals surface area contributed by atoms with Gasteiger partial charge in [0.1, 0.15) is 17.2 Å². The van der Waals surface area contributed by atoms with Crippen molar-refractivity contribution in [3.8, 4) is 0 Å². The van der Waals surface area contributed by atoms with E-state index in [0.29, 0.717) is 13.1 Å². The molecule has 5 heteroatoms. The van der Waals surface area contributed by atoms with E-state index in [9.17, 15) is 10.2 Å². The number of hydrogen-bond donors (Lipinski definition) is 2. The van der Waals surface area contributed by atoms with Gasteiger partial charge in [0, 0.05) is 18.8 Å². The minimum atomic E-state index is -1.15. The SMILES string of the molecule is C[C@@]1(O)CN(c2ccn(C(c3ccccc3)(c3ccccc3)c3ccccc3)n2)C[C@@H]1O. The molecule has 2 heterocycles. The van der Waals surface area contributed by atoms with Crippen molar-refractivity contribution in [2.75, 3.05) is 18.0 Å². The number of aliphatic hydroxyl groups is 2. The molecule has 0 aliphatic carbocycles. The molecule has 0 unspecified atom stereocenters. The average Bonchev–Trinajstić information content (AvgIpc) is 3.41. The zero-order valence-electron chi connectivity index (χ0n) is 18.0. The molecular formula is C27H27N3O2. The lowest BCUT2D eigenvalue weighted by molar-refractivity contribution is -0.0245. The summed E-state index contributed by atoms with van der Waals surface area (Å²) < 4.78 is 2.00. The molecular weight excluding hydrogens is 398 g/mol. The van der Waals surface area contributed by atoms with Gasteiger partial charge in [0.15, 0.2) is 5.82 Å². The molecule has 3 aromatic carbocycles. The molecule has 4 aromatic rings. The van der Waals surface area contributed by atoms with Gasteiger partial charge in [-0.2, -0.15) is 5.10 Å². The van der Waals surface area contributed by atoms with E-state index in [0.717, 1.165) is 22.5 Å². The zero-order valence-corrected chi connectivity index (χ0v) is 18.0. The largest absolute Gasteiger partial charge is 0.388 e. The Kier molecular flexibility index (Phi) is 5.08. The Morgan fingerprint density at radius 3 is 1.69 bits per heavy atom. The molecule has 2 N–H and O–H groups in total. The van der Waals surface area contributed by atoms with Crippen molar-refractivity contribution < 1.29 is 10.2 Å². The molecule has 1 aliphatic heterocycles. The highest BCUT2D eigenvalue weighted by molar-refractivity contribution is 5.51. The van der Waals surface area contributed by atoms with Gasteiger partial charge in [-0.15, -0.1) is 0 Å². The molecule has 162 valence electrons. The molecule has 0 bridgehead atoms. The summed E-state index contributed by atoms with van der Waals surface area (Å²) in [6, 6.07) is 33.1. The number of β-amino-alcohol motifs (C(OH)–C–C–N with tert-alkyl or cyclic N) is 2. The third-order valence-corrected chi connectivity index (χ3v) is 6.44. The quantitative estimate of drug-likeness (QED) is 0.479. The van der Waals surface area contributed by atoms with Crippen molar-refractivity contribution in [2.24, 2.45) is 0 Å². The number of aliphatic hydroxyl groups excluding tert-OH is 1. The van der Waals surface area contributed by atoms with Crippen LogP contribution in [0.1, 0.15) is 23.6 Å². The Bertz CT molecular complexity index is 1080. The second kappa shape index (κ2) is 7.93. The minimum absolute atomic E-state index is 0.334. The smallest absolute Gasteiger partial charge is 0.150 e. The average molecular weight is 426 g/mol. The van der Waals surface area contributed by atoms with Crippen molar-refractivity contribution in [1.29, 1.82) is 0 Å². The van der Waals surface area contributed by atoms with Crippen LogP contribution in [-0.4, -0.2) is 44.8 Å². The van der Waals surface area contributed by atoms with Crippen LogP contribution in [0.25, 0.3) is 0 Å². The van der Waals surface area contributed by atoms with E-state index in [-0.39, 0.29) is 0 Å². The summed E-state index contributed by atoms with van der Waals surface area (Å²) in [7, 11) is 0. The van der Waals surface area contributed by atoms with Gasteiger partial charge < -0.3 is 15.1 Å². The van der Waals surface area contributed by atoms with Crippen LogP contribution >= 0.6 is 0 Å². The predicted octanol–water partition coefficient (Wildman–Crippen LogP) is 3.66. The Labute approximate surface area is 188 Å². The monoisotopic (exact) mass is 425 g/mol. The van der Waals surface area contributed by atoms with Gasteiger partial charge in [-0.05, 0) is 23.6 Å². The first-order chi connectivity index (χ1) is 15.5. The molecule has 1 fully saturated rings. The van der Waals surface area contributed by atoms with Gasteiger partial charge in [-0.3, -0.25) is 4.68 Å². The summed E-state index contributed by atoms with van der Waals surface area (Å²) in [5.41, 5.74) is 1.46. The molecule has 0 saturated carbocycles. The second-order valence-electron chi connectivity index (χ2n) is 8.68. The van der Waals surface area contributed by atoms with Crippen molar-refractivity contribution in [3.63, 3.8) is 0 Å². The van der Waals surface area contributed by atoms with E-state index in [1.807, 2.05) is 40.0 Å². The van der Waals surface area contributed by atoms with Crippen LogP contribution in [0.5, 0.6) is 0 Å². The second-order valence-corrected chi connectivity index (χ2v) is 8.68. The lowest BCUT2D eigenvalue weighted by Gasteiger charge is -2.36. The standard InChI is InChI=1S/C27H27N3O2/c1-26(32)20-29(19-24(26)31)25-17-18-30(28-25)27(21-11-5-2-6-12-21,22-13-7-3-8-14-22)23-15-9-4-10-16-23/h2-18,24,31-32H,19-20H2,1H3/t24-,26+/m0/s1. The van der Waals surface area contributed by atoms with E-state index >= 15 is 0 Å². The topological polar surface area (TPSA) is 61.5 Å². The van der Waals surface area contributed by atoms with E-state index in [4.69, 9.17) is 5.10 Å². The number of rotatable bonds is 5. The number of hydrogen-bond acceptors (Lipinski definition) is 4. The fourth-order valence-corrected chi connectivity index (χ4v) is 4.74. The molecule has 1 aliphatic rings. The third kappa shape index (κ3) is 3.30. The Morgan fingerprint density at radius 2 is 1.28 bits per heavy atom. The zero-order chi connectivity index (χ0) is 22.2. The van der Waals surface area contributed by atoms with Crippen LogP contribution in [0.4, 0.5) is 5.82 Å². The van der Waals surface area contributed by atoms with E-state index in [1.54, 1.807) is 6.92 Å². The lowest BCUT2D eigenvalue weighted by Crippen LogP contribution is -2.38. The molecule has 0 radical (unpaired) electrons. The molecule has 1 saturated heterocycles.